The number of carbonyl (C=O) groups is 2. The van der Waals surface area contributed by atoms with Crippen molar-refractivity contribution in [2.45, 2.75) is 19.5 Å². The molecule has 1 atom stereocenters. The van der Waals surface area contributed by atoms with E-state index in [1.165, 1.54) is 31.4 Å². The summed E-state index contributed by atoms with van der Waals surface area (Å²) in [5.41, 5.74) is 1.43. The van der Waals surface area contributed by atoms with E-state index in [1.807, 2.05) is 30.3 Å². The van der Waals surface area contributed by atoms with Crippen LogP contribution in [0.3, 0.4) is 0 Å². The molecule has 2 N–H and O–H groups in total. The SMILES string of the molecule is COC(=O)/C=C/c1ccc(NC(C)C(=O)NCc2ccccc2)c([N+](=O)[O-])c1. The number of rotatable bonds is 8. The van der Waals surface area contributed by atoms with E-state index < -0.39 is 16.9 Å². The lowest BCUT2D eigenvalue weighted by Gasteiger charge is -2.15. The molecule has 0 aliphatic rings. The van der Waals surface area contributed by atoms with Gasteiger partial charge in [-0.3, -0.25) is 14.9 Å². The van der Waals surface area contributed by atoms with Crippen LogP contribution in [0.15, 0.2) is 54.6 Å². The molecule has 0 spiro atoms. The van der Waals surface area contributed by atoms with Gasteiger partial charge in [0.05, 0.1) is 12.0 Å². The van der Waals surface area contributed by atoms with Gasteiger partial charge in [-0.2, -0.15) is 0 Å². The van der Waals surface area contributed by atoms with Crippen LogP contribution in [0.1, 0.15) is 18.1 Å². The number of esters is 1. The standard InChI is InChI=1S/C20H21N3O5/c1-14(20(25)21-13-16-6-4-3-5-7-16)22-17-10-8-15(9-11-19(24)28-2)12-18(17)23(26)27/h3-12,14,22H,13H2,1-2H3,(H,21,25)/b11-9+. The number of methoxy groups -OCH3 is 1. The van der Waals surface area contributed by atoms with E-state index in [4.69, 9.17) is 0 Å². The highest BCUT2D eigenvalue weighted by atomic mass is 16.6. The third-order valence-corrected chi connectivity index (χ3v) is 3.91. The molecule has 0 fully saturated rings. The third kappa shape index (κ3) is 5.94. The van der Waals surface area contributed by atoms with Gasteiger partial charge in [0.15, 0.2) is 0 Å². The highest BCUT2D eigenvalue weighted by molar-refractivity contribution is 5.88. The predicted octanol–water partition coefficient (Wildman–Crippen LogP) is 2.90. The van der Waals surface area contributed by atoms with Crippen molar-refractivity contribution in [2.75, 3.05) is 12.4 Å². The summed E-state index contributed by atoms with van der Waals surface area (Å²) in [5.74, 6) is -0.846. The second-order valence-electron chi connectivity index (χ2n) is 5.96. The molecule has 2 aromatic carbocycles. The minimum absolute atomic E-state index is 0.199. The minimum atomic E-state index is -0.682. The van der Waals surface area contributed by atoms with Gasteiger partial charge in [-0.15, -0.1) is 0 Å². The van der Waals surface area contributed by atoms with Crippen LogP contribution in [-0.2, 0) is 20.9 Å². The van der Waals surface area contributed by atoms with E-state index in [0.717, 1.165) is 5.56 Å². The maximum absolute atomic E-state index is 12.3. The van der Waals surface area contributed by atoms with Crippen molar-refractivity contribution < 1.29 is 19.2 Å². The molecule has 0 aromatic heterocycles. The lowest BCUT2D eigenvalue weighted by molar-refractivity contribution is -0.384. The van der Waals surface area contributed by atoms with Crippen LogP contribution in [0.5, 0.6) is 0 Å². The lowest BCUT2D eigenvalue weighted by Crippen LogP contribution is -2.37. The molecular weight excluding hydrogens is 362 g/mol. The Morgan fingerprint density at radius 3 is 2.57 bits per heavy atom. The number of nitro benzene ring substituents is 1. The van der Waals surface area contributed by atoms with Gasteiger partial charge in [0.25, 0.3) is 5.69 Å². The molecule has 0 aliphatic carbocycles. The van der Waals surface area contributed by atoms with E-state index in [1.54, 1.807) is 13.0 Å². The summed E-state index contributed by atoms with van der Waals surface area (Å²) in [4.78, 5) is 34.3. The van der Waals surface area contributed by atoms with Gasteiger partial charge >= 0.3 is 5.97 Å². The molecule has 0 radical (unpaired) electrons. The smallest absolute Gasteiger partial charge is 0.330 e. The van der Waals surface area contributed by atoms with E-state index in [-0.39, 0.29) is 17.3 Å². The molecule has 8 nitrogen and oxygen atoms in total. The molecule has 0 saturated heterocycles. The van der Waals surface area contributed by atoms with Gasteiger partial charge < -0.3 is 15.4 Å². The average molecular weight is 383 g/mol. The first kappa shape index (κ1) is 20.6. The van der Waals surface area contributed by atoms with Crippen molar-refractivity contribution in [1.29, 1.82) is 0 Å². The number of carbonyl (C=O) groups excluding carboxylic acids is 2. The minimum Gasteiger partial charge on any atom is -0.466 e. The molecule has 1 amide bonds. The number of nitrogens with zero attached hydrogens (tertiary/aromatic N) is 1. The first-order chi connectivity index (χ1) is 13.4. The zero-order chi connectivity index (χ0) is 20.5. The van der Waals surface area contributed by atoms with Crippen LogP contribution in [0.25, 0.3) is 6.08 Å². The summed E-state index contributed by atoms with van der Waals surface area (Å²) < 4.78 is 4.49. The molecule has 0 bridgehead atoms. The molecule has 1 unspecified atom stereocenters. The highest BCUT2D eigenvalue weighted by Gasteiger charge is 2.19. The van der Waals surface area contributed by atoms with Crippen LogP contribution in [0.4, 0.5) is 11.4 Å². The van der Waals surface area contributed by atoms with Crippen LogP contribution in [0.2, 0.25) is 0 Å². The Balaban J connectivity index is 2.06. The van der Waals surface area contributed by atoms with Crippen molar-refractivity contribution in [1.82, 2.24) is 5.32 Å². The Labute approximate surface area is 162 Å². The predicted molar refractivity (Wildman–Crippen MR) is 106 cm³/mol. The fraction of sp³-hybridized carbons (Fsp3) is 0.200. The zero-order valence-corrected chi connectivity index (χ0v) is 15.5. The topological polar surface area (TPSA) is 111 Å². The van der Waals surface area contributed by atoms with Crippen molar-refractivity contribution >= 4 is 29.3 Å². The third-order valence-electron chi connectivity index (χ3n) is 3.91. The molecule has 28 heavy (non-hydrogen) atoms. The summed E-state index contributed by atoms with van der Waals surface area (Å²) in [6, 6.07) is 13.2. The number of nitrogens with one attached hydrogen (secondary N) is 2. The molecule has 2 aromatic rings. The monoisotopic (exact) mass is 383 g/mol. The number of amides is 1. The van der Waals surface area contributed by atoms with Crippen molar-refractivity contribution in [2.24, 2.45) is 0 Å². The Morgan fingerprint density at radius 1 is 1.21 bits per heavy atom. The highest BCUT2D eigenvalue weighted by Crippen LogP contribution is 2.27. The first-order valence-corrected chi connectivity index (χ1v) is 8.53. The summed E-state index contributed by atoms with van der Waals surface area (Å²) >= 11 is 0. The number of anilines is 1. The number of benzene rings is 2. The molecule has 8 heteroatoms. The number of hydrogen-bond acceptors (Lipinski definition) is 6. The second kappa shape index (κ2) is 9.86. The van der Waals surface area contributed by atoms with Gasteiger partial charge in [-0.1, -0.05) is 36.4 Å². The summed E-state index contributed by atoms with van der Waals surface area (Å²) in [6.07, 6.45) is 2.59. The van der Waals surface area contributed by atoms with Crippen LogP contribution in [0, 0.1) is 10.1 Å². The quantitative estimate of drug-likeness (QED) is 0.314. The normalized spacial score (nSPS) is 11.6. The zero-order valence-electron chi connectivity index (χ0n) is 15.5. The van der Waals surface area contributed by atoms with Gasteiger partial charge in [0.2, 0.25) is 5.91 Å². The van der Waals surface area contributed by atoms with Gasteiger partial charge in [-0.05, 0) is 30.2 Å². The van der Waals surface area contributed by atoms with E-state index >= 15 is 0 Å². The largest absolute Gasteiger partial charge is 0.466 e. The molecular formula is C20H21N3O5. The molecule has 0 saturated carbocycles. The molecule has 2 rings (SSSR count). The summed E-state index contributed by atoms with van der Waals surface area (Å²) in [5, 5.41) is 17.0. The fourth-order valence-corrected chi connectivity index (χ4v) is 2.39. The van der Waals surface area contributed by atoms with E-state index in [0.29, 0.717) is 12.1 Å². The Bertz CT molecular complexity index is 881. The number of nitro groups is 1. The summed E-state index contributed by atoms with van der Waals surface area (Å²) in [6.45, 7) is 1.99. The van der Waals surface area contributed by atoms with Gasteiger partial charge in [0, 0.05) is 18.7 Å². The Hall–Kier alpha value is -3.68. The van der Waals surface area contributed by atoms with E-state index in [2.05, 4.69) is 15.4 Å². The molecule has 146 valence electrons. The van der Waals surface area contributed by atoms with Crippen molar-refractivity contribution in [3.8, 4) is 0 Å². The van der Waals surface area contributed by atoms with Crippen molar-refractivity contribution in [3.63, 3.8) is 0 Å². The second-order valence-corrected chi connectivity index (χ2v) is 5.96. The van der Waals surface area contributed by atoms with E-state index in [9.17, 15) is 19.7 Å². The van der Waals surface area contributed by atoms with Crippen molar-refractivity contribution in [3.05, 3.63) is 75.8 Å². The first-order valence-electron chi connectivity index (χ1n) is 8.53. The number of hydrogen-bond donors (Lipinski definition) is 2. The lowest BCUT2D eigenvalue weighted by atomic mass is 10.1. The average Bonchev–Trinajstić information content (AvgIpc) is 2.71. The maximum Gasteiger partial charge on any atom is 0.330 e. The number of ether oxygens (including phenoxy) is 1. The Morgan fingerprint density at radius 2 is 1.93 bits per heavy atom. The van der Waals surface area contributed by atoms with Crippen LogP contribution < -0.4 is 10.6 Å². The summed E-state index contributed by atoms with van der Waals surface area (Å²) in [7, 11) is 1.24. The molecule has 0 heterocycles. The van der Waals surface area contributed by atoms with Crippen LogP contribution in [-0.4, -0.2) is 30.0 Å². The van der Waals surface area contributed by atoms with Gasteiger partial charge in [0.1, 0.15) is 11.7 Å². The van der Waals surface area contributed by atoms with Gasteiger partial charge in [-0.25, -0.2) is 4.79 Å². The molecule has 0 aliphatic heterocycles. The Kier molecular flexibility index (Phi) is 7.27. The fourth-order valence-electron chi connectivity index (χ4n) is 2.39. The maximum atomic E-state index is 12.3. The van der Waals surface area contributed by atoms with Crippen LogP contribution >= 0.6 is 0 Å².